The second-order valence-electron chi connectivity index (χ2n) is 6.01. The zero-order valence-electron chi connectivity index (χ0n) is 14.4. The van der Waals surface area contributed by atoms with Crippen LogP contribution in [-0.2, 0) is 4.74 Å². The van der Waals surface area contributed by atoms with Crippen LogP contribution in [0.1, 0.15) is 27.9 Å². The monoisotopic (exact) mass is 344 g/mol. The third-order valence-electron chi connectivity index (χ3n) is 3.90. The maximum Gasteiger partial charge on any atom is 0.257 e. The SMILES string of the molecule is Cc1nc(C2COCCN2C(=O)c2cnc(N(C)C)nc2)cc(=O)[nH]1. The van der Waals surface area contributed by atoms with Gasteiger partial charge >= 0.3 is 0 Å². The average Bonchev–Trinajstić information content (AvgIpc) is 2.60. The Labute approximate surface area is 144 Å². The third kappa shape index (κ3) is 3.66. The number of H-pyrrole nitrogens is 1. The lowest BCUT2D eigenvalue weighted by Crippen LogP contribution is -2.44. The van der Waals surface area contributed by atoms with Gasteiger partial charge in [-0.3, -0.25) is 9.59 Å². The number of ether oxygens (including phenoxy) is 1. The van der Waals surface area contributed by atoms with Crippen LogP contribution < -0.4 is 10.5 Å². The molecule has 9 heteroatoms. The van der Waals surface area contributed by atoms with Gasteiger partial charge in [0, 0.05) is 39.1 Å². The van der Waals surface area contributed by atoms with Crippen molar-refractivity contribution < 1.29 is 9.53 Å². The van der Waals surface area contributed by atoms with Crippen LogP contribution in [-0.4, -0.2) is 64.6 Å². The van der Waals surface area contributed by atoms with Crippen LogP contribution in [0.4, 0.5) is 5.95 Å². The van der Waals surface area contributed by atoms with Gasteiger partial charge in [0.1, 0.15) is 5.82 Å². The van der Waals surface area contributed by atoms with Crippen molar-refractivity contribution in [2.75, 3.05) is 38.8 Å². The molecule has 1 atom stereocenters. The molecule has 0 radical (unpaired) electrons. The first-order valence-corrected chi connectivity index (χ1v) is 7.91. The number of aryl methyl sites for hydroxylation is 1. The van der Waals surface area contributed by atoms with Gasteiger partial charge in [0.25, 0.3) is 11.5 Å². The number of rotatable bonds is 3. The van der Waals surface area contributed by atoms with E-state index in [0.29, 0.717) is 36.2 Å². The molecule has 0 aromatic carbocycles. The van der Waals surface area contributed by atoms with Gasteiger partial charge < -0.3 is 19.5 Å². The molecule has 9 nitrogen and oxygen atoms in total. The number of carbonyl (C=O) groups is 1. The van der Waals surface area contributed by atoms with Gasteiger partial charge in [-0.2, -0.15) is 0 Å². The number of carbonyl (C=O) groups excluding carboxylic acids is 1. The van der Waals surface area contributed by atoms with Crippen molar-refractivity contribution >= 4 is 11.9 Å². The number of hydrogen-bond donors (Lipinski definition) is 1. The first-order chi connectivity index (χ1) is 12.0. The summed E-state index contributed by atoms with van der Waals surface area (Å²) in [5.74, 6) is 0.819. The van der Waals surface area contributed by atoms with E-state index in [4.69, 9.17) is 4.74 Å². The number of nitrogens with zero attached hydrogens (tertiary/aromatic N) is 5. The number of nitrogens with one attached hydrogen (secondary N) is 1. The van der Waals surface area contributed by atoms with Crippen molar-refractivity contribution in [2.45, 2.75) is 13.0 Å². The largest absolute Gasteiger partial charge is 0.377 e. The van der Waals surface area contributed by atoms with Crippen molar-refractivity contribution in [1.29, 1.82) is 0 Å². The van der Waals surface area contributed by atoms with Crippen LogP contribution in [0.3, 0.4) is 0 Å². The summed E-state index contributed by atoms with van der Waals surface area (Å²) in [5, 5.41) is 0. The lowest BCUT2D eigenvalue weighted by molar-refractivity contribution is -0.00405. The highest BCUT2D eigenvalue weighted by atomic mass is 16.5. The van der Waals surface area contributed by atoms with E-state index in [1.54, 1.807) is 16.7 Å². The smallest absolute Gasteiger partial charge is 0.257 e. The van der Waals surface area contributed by atoms with E-state index in [0.717, 1.165) is 0 Å². The fourth-order valence-electron chi connectivity index (χ4n) is 2.69. The van der Waals surface area contributed by atoms with Crippen molar-refractivity contribution in [2.24, 2.45) is 0 Å². The number of aromatic amines is 1. The van der Waals surface area contributed by atoms with E-state index in [2.05, 4.69) is 19.9 Å². The first kappa shape index (κ1) is 17.0. The normalized spacial score (nSPS) is 17.4. The highest BCUT2D eigenvalue weighted by molar-refractivity contribution is 5.94. The molecule has 1 unspecified atom stereocenters. The van der Waals surface area contributed by atoms with Gasteiger partial charge in [-0.15, -0.1) is 0 Å². The zero-order chi connectivity index (χ0) is 18.0. The van der Waals surface area contributed by atoms with Crippen molar-refractivity contribution in [3.63, 3.8) is 0 Å². The van der Waals surface area contributed by atoms with Crippen molar-refractivity contribution in [3.05, 3.63) is 45.9 Å². The van der Waals surface area contributed by atoms with E-state index in [1.807, 2.05) is 14.1 Å². The summed E-state index contributed by atoms with van der Waals surface area (Å²) in [6.45, 7) is 2.83. The lowest BCUT2D eigenvalue weighted by Gasteiger charge is -2.35. The predicted octanol–water partition coefficient (Wildman–Crippen LogP) is 0.148. The second-order valence-corrected chi connectivity index (χ2v) is 6.01. The predicted molar refractivity (Wildman–Crippen MR) is 90.6 cm³/mol. The van der Waals surface area contributed by atoms with Crippen LogP contribution in [0.15, 0.2) is 23.3 Å². The Bertz CT molecular complexity index is 817. The summed E-state index contributed by atoms with van der Waals surface area (Å²) >= 11 is 0. The van der Waals surface area contributed by atoms with E-state index in [9.17, 15) is 9.59 Å². The number of aromatic nitrogens is 4. The minimum absolute atomic E-state index is 0.210. The van der Waals surface area contributed by atoms with E-state index in [-0.39, 0.29) is 18.1 Å². The molecule has 0 bridgehead atoms. The van der Waals surface area contributed by atoms with Crippen LogP contribution in [0.5, 0.6) is 0 Å². The summed E-state index contributed by atoms with van der Waals surface area (Å²) in [4.78, 5) is 43.4. The summed E-state index contributed by atoms with van der Waals surface area (Å²) < 4.78 is 5.50. The molecule has 2 aromatic rings. The zero-order valence-corrected chi connectivity index (χ0v) is 14.4. The Hall–Kier alpha value is -2.81. The highest BCUT2D eigenvalue weighted by Gasteiger charge is 2.31. The number of amides is 1. The molecule has 2 aromatic heterocycles. The van der Waals surface area contributed by atoms with Gasteiger partial charge in [-0.25, -0.2) is 15.0 Å². The molecular formula is C16H20N6O3. The van der Waals surface area contributed by atoms with Crippen LogP contribution in [0, 0.1) is 6.92 Å². The summed E-state index contributed by atoms with van der Waals surface area (Å²) in [6.07, 6.45) is 3.02. The van der Waals surface area contributed by atoms with Crippen molar-refractivity contribution in [3.8, 4) is 0 Å². The number of anilines is 1. The van der Waals surface area contributed by atoms with Crippen LogP contribution in [0.25, 0.3) is 0 Å². The fourth-order valence-corrected chi connectivity index (χ4v) is 2.69. The quantitative estimate of drug-likeness (QED) is 0.845. The highest BCUT2D eigenvalue weighted by Crippen LogP contribution is 2.24. The first-order valence-electron chi connectivity index (χ1n) is 7.91. The van der Waals surface area contributed by atoms with E-state index in [1.165, 1.54) is 18.5 Å². The van der Waals surface area contributed by atoms with Gasteiger partial charge in [0.2, 0.25) is 5.95 Å². The van der Waals surface area contributed by atoms with E-state index >= 15 is 0 Å². The van der Waals surface area contributed by atoms with Gasteiger partial charge in [0.05, 0.1) is 30.5 Å². The van der Waals surface area contributed by atoms with Gasteiger partial charge in [-0.1, -0.05) is 0 Å². The molecule has 1 fully saturated rings. The third-order valence-corrected chi connectivity index (χ3v) is 3.90. The average molecular weight is 344 g/mol. The van der Waals surface area contributed by atoms with E-state index < -0.39 is 6.04 Å². The van der Waals surface area contributed by atoms with Crippen molar-refractivity contribution in [1.82, 2.24) is 24.8 Å². The molecule has 0 aliphatic carbocycles. The minimum atomic E-state index is -0.421. The molecular weight excluding hydrogens is 324 g/mol. The maximum absolute atomic E-state index is 12.9. The Kier molecular flexibility index (Phi) is 4.75. The van der Waals surface area contributed by atoms with Crippen LogP contribution in [0.2, 0.25) is 0 Å². The standard InChI is InChI=1S/C16H20N6O3/c1-10-19-12(6-14(23)20-10)13-9-25-5-4-22(13)15(24)11-7-17-16(18-8-11)21(2)3/h6-8,13H,4-5,9H2,1-3H3,(H,19,20,23). The summed E-state index contributed by atoms with van der Waals surface area (Å²) in [6, 6.07) is 0.980. The molecule has 1 N–H and O–H groups in total. The molecule has 0 saturated carbocycles. The Morgan fingerprint density at radius 2 is 2.08 bits per heavy atom. The molecule has 1 saturated heterocycles. The minimum Gasteiger partial charge on any atom is -0.377 e. The topological polar surface area (TPSA) is 104 Å². The summed E-state index contributed by atoms with van der Waals surface area (Å²) in [7, 11) is 3.66. The Balaban J connectivity index is 1.89. The molecule has 1 aliphatic heterocycles. The molecule has 1 aliphatic rings. The molecule has 132 valence electrons. The number of morpholine rings is 1. The Morgan fingerprint density at radius 1 is 1.36 bits per heavy atom. The fraction of sp³-hybridized carbons (Fsp3) is 0.438. The van der Waals surface area contributed by atoms with Crippen LogP contribution >= 0.6 is 0 Å². The number of hydrogen-bond acceptors (Lipinski definition) is 7. The summed E-state index contributed by atoms with van der Waals surface area (Å²) in [5.41, 5.74) is 0.651. The second kappa shape index (κ2) is 6.98. The molecule has 1 amide bonds. The Morgan fingerprint density at radius 3 is 2.72 bits per heavy atom. The molecule has 3 rings (SSSR count). The van der Waals surface area contributed by atoms with Gasteiger partial charge in [0.15, 0.2) is 0 Å². The molecule has 0 spiro atoms. The molecule has 3 heterocycles. The molecule has 25 heavy (non-hydrogen) atoms. The van der Waals surface area contributed by atoms with Gasteiger partial charge in [-0.05, 0) is 6.92 Å². The maximum atomic E-state index is 12.9. The lowest BCUT2D eigenvalue weighted by atomic mass is 10.1.